The predicted octanol–water partition coefficient (Wildman–Crippen LogP) is 1.74. The van der Waals surface area contributed by atoms with Crippen molar-refractivity contribution in [1.29, 1.82) is 5.26 Å². The first-order valence-corrected chi connectivity index (χ1v) is 13.5. The number of piperidine rings is 1. The van der Waals surface area contributed by atoms with Crippen LogP contribution in [0.1, 0.15) is 24.8 Å². The van der Waals surface area contributed by atoms with Gasteiger partial charge in [0.25, 0.3) is 0 Å². The number of nitrogens with one attached hydrogen (secondary N) is 1. The van der Waals surface area contributed by atoms with E-state index >= 15 is 0 Å². The van der Waals surface area contributed by atoms with Gasteiger partial charge in [-0.2, -0.15) is 5.26 Å². The number of hydrogen-bond donors (Lipinski definition) is 1. The molecule has 1 heterocycles. The number of ether oxygens (including phenoxy) is 2. The molecule has 2 amide bonds. The summed E-state index contributed by atoms with van der Waals surface area (Å²) in [5.74, 6) is 0.897. The lowest BCUT2D eigenvalue weighted by atomic mass is 9.91. The molecular formula is C24H36N4O5S. The summed E-state index contributed by atoms with van der Waals surface area (Å²) in [6.45, 7) is 4.47. The number of urea groups is 1. The van der Waals surface area contributed by atoms with Crippen LogP contribution in [-0.2, 0) is 19.3 Å². The van der Waals surface area contributed by atoms with Gasteiger partial charge in [-0.05, 0) is 61.9 Å². The van der Waals surface area contributed by atoms with Crippen LogP contribution in [0.5, 0.6) is 0 Å². The maximum absolute atomic E-state index is 12.6. The molecule has 0 spiro atoms. The summed E-state index contributed by atoms with van der Waals surface area (Å²) in [4.78, 5) is 17.1. The second kappa shape index (κ2) is 12.5. The Balaban J connectivity index is 1.42. The topological polar surface area (TPSA) is 112 Å². The fourth-order valence-corrected chi connectivity index (χ4v) is 6.47. The number of likely N-dealkylation sites (tertiary alicyclic amines) is 1. The number of nitrogens with zero attached hydrogens (tertiary/aromatic N) is 3. The average molecular weight is 493 g/mol. The van der Waals surface area contributed by atoms with Gasteiger partial charge in [-0.1, -0.05) is 0 Å². The van der Waals surface area contributed by atoms with Crippen molar-refractivity contribution in [2.75, 3.05) is 65.9 Å². The van der Waals surface area contributed by atoms with E-state index in [0.29, 0.717) is 50.2 Å². The van der Waals surface area contributed by atoms with Gasteiger partial charge in [-0.3, -0.25) is 0 Å². The average Bonchev–Trinajstić information content (AvgIpc) is 3.10. The van der Waals surface area contributed by atoms with Gasteiger partial charge in [0, 0.05) is 39.8 Å². The Labute approximate surface area is 202 Å². The number of carbonyl (C=O) groups is 1. The van der Waals surface area contributed by atoms with Crippen LogP contribution in [0, 0.1) is 23.2 Å². The highest BCUT2D eigenvalue weighted by atomic mass is 32.2. The van der Waals surface area contributed by atoms with Crippen molar-refractivity contribution in [3.63, 3.8) is 0 Å². The zero-order valence-electron chi connectivity index (χ0n) is 20.1. The summed E-state index contributed by atoms with van der Waals surface area (Å²) < 4.78 is 35.6. The Kier molecular flexibility index (Phi) is 9.71. The number of fused-ring (bicyclic) bond motifs is 2. The van der Waals surface area contributed by atoms with Crippen molar-refractivity contribution in [3.8, 4) is 6.07 Å². The summed E-state index contributed by atoms with van der Waals surface area (Å²) in [5.41, 5.74) is 0.450. The molecule has 34 heavy (non-hydrogen) atoms. The summed E-state index contributed by atoms with van der Waals surface area (Å²) in [6, 6.07) is 8.24. The predicted molar refractivity (Wildman–Crippen MR) is 128 cm³/mol. The number of rotatable bonds is 12. The third-order valence-electron chi connectivity index (χ3n) is 6.81. The molecule has 10 heteroatoms. The van der Waals surface area contributed by atoms with E-state index in [0.717, 1.165) is 32.5 Å². The van der Waals surface area contributed by atoms with Gasteiger partial charge >= 0.3 is 6.03 Å². The van der Waals surface area contributed by atoms with Crippen LogP contribution in [0.3, 0.4) is 0 Å². The van der Waals surface area contributed by atoms with Crippen molar-refractivity contribution in [2.45, 2.75) is 30.2 Å². The van der Waals surface area contributed by atoms with Crippen molar-refractivity contribution >= 4 is 15.9 Å². The smallest absolute Gasteiger partial charge is 0.317 e. The highest BCUT2D eigenvalue weighted by Crippen LogP contribution is 2.39. The van der Waals surface area contributed by atoms with Gasteiger partial charge in [0.2, 0.25) is 0 Å². The molecule has 2 unspecified atom stereocenters. The molecule has 1 aromatic carbocycles. The van der Waals surface area contributed by atoms with Crippen LogP contribution in [-0.4, -0.2) is 96.2 Å². The number of nitriles is 1. The Hall–Kier alpha value is -2.19. The van der Waals surface area contributed by atoms with Crippen molar-refractivity contribution < 1.29 is 22.7 Å². The maximum atomic E-state index is 12.6. The second-order valence-electron chi connectivity index (χ2n) is 9.10. The van der Waals surface area contributed by atoms with E-state index in [-0.39, 0.29) is 22.7 Å². The SMILES string of the molecule is COCCOCCNC(=O)N(C)C1C2CCC1CN(CCCS(=O)(=O)c1ccc(C#N)cc1)C2. The van der Waals surface area contributed by atoms with Gasteiger partial charge < -0.3 is 24.6 Å². The van der Waals surface area contributed by atoms with Gasteiger partial charge in [-0.15, -0.1) is 0 Å². The standard InChI is InChI=1S/C24H36N4O5S/c1-27(24(29)26-10-12-33-14-13-32-2)23-20-6-7-21(23)18-28(17-20)11-3-15-34(30,31)22-8-4-19(16-25)5-9-22/h4-5,8-9,20-21,23H,3,6-7,10-15,17-18H2,1-2H3,(H,26,29). The third-order valence-corrected chi connectivity index (χ3v) is 8.63. The molecule has 9 nitrogen and oxygen atoms in total. The molecule has 1 saturated heterocycles. The summed E-state index contributed by atoms with van der Waals surface area (Å²) >= 11 is 0. The molecule has 0 radical (unpaired) electrons. The minimum absolute atomic E-state index is 0.0702. The second-order valence-corrected chi connectivity index (χ2v) is 11.2. The fraction of sp³-hybridized carbons (Fsp3) is 0.667. The maximum Gasteiger partial charge on any atom is 0.317 e. The van der Waals surface area contributed by atoms with E-state index in [2.05, 4.69) is 10.2 Å². The molecule has 1 aromatic rings. The zero-order valence-corrected chi connectivity index (χ0v) is 20.9. The number of hydrogen-bond acceptors (Lipinski definition) is 7. The van der Waals surface area contributed by atoms with Crippen molar-refractivity contribution in [2.24, 2.45) is 11.8 Å². The number of carbonyl (C=O) groups excluding carboxylic acids is 1. The Morgan fingerprint density at radius 1 is 1.18 bits per heavy atom. The number of sulfone groups is 1. The molecule has 2 bridgehead atoms. The normalized spacial score (nSPS) is 22.3. The fourth-order valence-electron chi connectivity index (χ4n) is 5.17. The molecule has 2 atom stereocenters. The minimum Gasteiger partial charge on any atom is -0.382 e. The first-order valence-electron chi connectivity index (χ1n) is 11.9. The van der Waals surface area contributed by atoms with E-state index in [9.17, 15) is 13.2 Å². The highest BCUT2D eigenvalue weighted by Gasteiger charge is 2.45. The van der Waals surface area contributed by atoms with E-state index in [1.165, 1.54) is 24.3 Å². The number of methoxy groups -OCH3 is 1. The third kappa shape index (κ3) is 6.92. The summed E-state index contributed by atoms with van der Waals surface area (Å²) in [6.07, 6.45) is 2.74. The molecule has 188 valence electrons. The lowest BCUT2D eigenvalue weighted by molar-refractivity contribution is 0.0666. The molecule has 1 aliphatic carbocycles. The highest BCUT2D eigenvalue weighted by molar-refractivity contribution is 7.91. The van der Waals surface area contributed by atoms with E-state index in [1.807, 2.05) is 18.0 Å². The van der Waals surface area contributed by atoms with E-state index in [4.69, 9.17) is 14.7 Å². The number of benzene rings is 1. The summed E-state index contributed by atoms with van der Waals surface area (Å²) in [7, 11) is 0.132. The van der Waals surface area contributed by atoms with Crippen LogP contribution >= 0.6 is 0 Å². The Morgan fingerprint density at radius 2 is 1.85 bits per heavy atom. The molecule has 1 aliphatic heterocycles. The van der Waals surface area contributed by atoms with Crippen LogP contribution in [0.25, 0.3) is 0 Å². The first-order chi connectivity index (χ1) is 16.4. The minimum atomic E-state index is -3.36. The lowest BCUT2D eigenvalue weighted by Crippen LogP contribution is -2.55. The quantitative estimate of drug-likeness (QED) is 0.442. The number of amides is 2. The Bertz CT molecular complexity index is 933. The molecule has 2 aliphatic rings. The zero-order chi connectivity index (χ0) is 24.6. The molecular weight excluding hydrogens is 456 g/mol. The molecule has 1 saturated carbocycles. The molecule has 1 N–H and O–H groups in total. The van der Waals surface area contributed by atoms with Gasteiger partial charge in [0.15, 0.2) is 9.84 Å². The van der Waals surface area contributed by atoms with Gasteiger partial charge in [-0.25, -0.2) is 13.2 Å². The van der Waals surface area contributed by atoms with Crippen LogP contribution in [0.15, 0.2) is 29.2 Å². The lowest BCUT2D eigenvalue weighted by Gasteiger charge is -2.42. The van der Waals surface area contributed by atoms with Crippen LogP contribution < -0.4 is 5.32 Å². The van der Waals surface area contributed by atoms with Crippen molar-refractivity contribution in [3.05, 3.63) is 29.8 Å². The molecule has 2 fully saturated rings. The summed E-state index contributed by atoms with van der Waals surface area (Å²) in [5, 5.41) is 11.8. The van der Waals surface area contributed by atoms with E-state index < -0.39 is 9.84 Å². The van der Waals surface area contributed by atoms with Crippen LogP contribution in [0.2, 0.25) is 0 Å². The van der Waals surface area contributed by atoms with Gasteiger partial charge in [0.05, 0.1) is 42.1 Å². The first kappa shape index (κ1) is 26.4. The van der Waals surface area contributed by atoms with Crippen LogP contribution in [0.4, 0.5) is 4.79 Å². The van der Waals surface area contributed by atoms with Crippen molar-refractivity contribution in [1.82, 2.24) is 15.1 Å². The Morgan fingerprint density at radius 3 is 2.47 bits per heavy atom. The van der Waals surface area contributed by atoms with Gasteiger partial charge in [0.1, 0.15) is 0 Å². The monoisotopic (exact) mass is 492 g/mol. The largest absolute Gasteiger partial charge is 0.382 e. The molecule has 3 rings (SSSR count). The molecule has 0 aromatic heterocycles. The van der Waals surface area contributed by atoms with E-state index in [1.54, 1.807) is 7.11 Å².